The highest BCUT2D eigenvalue weighted by molar-refractivity contribution is 5.84. The zero-order chi connectivity index (χ0) is 33.4. The number of Topliss-reactive ketones (excluding diaryl/α,β-unsaturated/α-hetero) is 1. The number of rotatable bonds is 35. The lowest BCUT2D eigenvalue weighted by molar-refractivity contribution is -0.139. The number of hydrogen-bond donors (Lipinski definition) is 4. The SMILES string of the molecule is N[C@@H](CCC(=O)NCC(OCCOCCOCCOCCC=O)C(=O)CCCCCCCCCCCCCCC(=O)O)C(=O)O. The van der Waals surface area contributed by atoms with E-state index in [1.807, 2.05) is 0 Å². The van der Waals surface area contributed by atoms with E-state index in [-0.39, 0.29) is 44.8 Å². The Bertz CT molecular complexity index is 782. The third kappa shape index (κ3) is 30.0. The van der Waals surface area contributed by atoms with E-state index in [1.165, 1.54) is 19.3 Å². The van der Waals surface area contributed by atoms with Crippen LogP contribution in [0, 0.1) is 0 Å². The highest BCUT2D eigenvalue weighted by atomic mass is 16.6. The molecule has 0 bridgehead atoms. The van der Waals surface area contributed by atoms with E-state index in [4.69, 9.17) is 34.9 Å². The minimum absolute atomic E-state index is 0.00395. The van der Waals surface area contributed by atoms with Gasteiger partial charge in [-0.05, 0) is 19.3 Å². The maximum Gasteiger partial charge on any atom is 0.320 e. The topological polar surface area (TPSA) is 201 Å². The van der Waals surface area contributed by atoms with Crippen LogP contribution in [0.15, 0.2) is 0 Å². The van der Waals surface area contributed by atoms with Crippen molar-refractivity contribution >= 4 is 29.9 Å². The lowest BCUT2D eigenvalue weighted by Crippen LogP contribution is -2.40. The summed E-state index contributed by atoms with van der Waals surface area (Å²) in [5.41, 5.74) is 5.46. The molecule has 0 saturated heterocycles. The van der Waals surface area contributed by atoms with Crippen LogP contribution in [-0.2, 0) is 42.9 Å². The first-order valence-corrected chi connectivity index (χ1v) is 16.6. The van der Waals surface area contributed by atoms with Crippen molar-refractivity contribution in [2.75, 3.05) is 52.8 Å². The van der Waals surface area contributed by atoms with E-state index in [1.54, 1.807) is 0 Å². The van der Waals surface area contributed by atoms with Gasteiger partial charge in [-0.15, -0.1) is 0 Å². The van der Waals surface area contributed by atoms with Crippen molar-refractivity contribution in [2.24, 2.45) is 5.73 Å². The van der Waals surface area contributed by atoms with Crippen LogP contribution in [0.3, 0.4) is 0 Å². The fourth-order valence-electron chi connectivity index (χ4n) is 4.40. The summed E-state index contributed by atoms with van der Waals surface area (Å²) >= 11 is 0. The monoisotopic (exact) mass is 646 g/mol. The van der Waals surface area contributed by atoms with Crippen molar-refractivity contribution in [1.29, 1.82) is 0 Å². The fraction of sp³-hybridized carbons (Fsp3) is 0.844. The first-order valence-electron chi connectivity index (χ1n) is 16.6. The minimum Gasteiger partial charge on any atom is -0.481 e. The summed E-state index contributed by atoms with van der Waals surface area (Å²) in [5.74, 6) is -2.39. The Kier molecular flexibility index (Phi) is 29.8. The number of hydrogen-bond acceptors (Lipinski definition) is 10. The zero-order valence-corrected chi connectivity index (χ0v) is 27.1. The van der Waals surface area contributed by atoms with E-state index in [9.17, 15) is 24.0 Å². The Labute approximate surface area is 268 Å². The Balaban J connectivity index is 4.18. The van der Waals surface area contributed by atoms with Crippen LogP contribution >= 0.6 is 0 Å². The second-order valence-electron chi connectivity index (χ2n) is 11.0. The number of ether oxygens (including phenoxy) is 4. The number of aliphatic carboxylic acids is 2. The van der Waals surface area contributed by atoms with Crippen LogP contribution in [0.25, 0.3) is 0 Å². The van der Waals surface area contributed by atoms with Gasteiger partial charge in [-0.3, -0.25) is 19.2 Å². The molecule has 1 unspecified atom stereocenters. The van der Waals surface area contributed by atoms with Crippen molar-refractivity contribution < 1.29 is 53.1 Å². The van der Waals surface area contributed by atoms with Crippen LogP contribution in [0.4, 0.5) is 0 Å². The molecule has 0 fully saturated rings. The number of carbonyl (C=O) groups excluding carboxylic acids is 3. The first-order chi connectivity index (χ1) is 21.8. The summed E-state index contributed by atoms with van der Waals surface area (Å²) in [6.45, 7) is 2.27. The van der Waals surface area contributed by atoms with E-state index >= 15 is 0 Å². The number of carboxylic acids is 2. The van der Waals surface area contributed by atoms with Gasteiger partial charge in [0.1, 0.15) is 18.4 Å². The highest BCUT2D eigenvalue weighted by Gasteiger charge is 2.20. The molecule has 0 aliphatic heterocycles. The third-order valence-corrected chi connectivity index (χ3v) is 7.08. The summed E-state index contributed by atoms with van der Waals surface area (Å²) < 4.78 is 21.8. The van der Waals surface area contributed by atoms with Gasteiger partial charge in [0, 0.05) is 25.7 Å². The van der Waals surface area contributed by atoms with Gasteiger partial charge in [0.15, 0.2) is 5.78 Å². The minimum atomic E-state index is -1.17. The molecule has 0 aromatic heterocycles. The number of nitrogens with two attached hydrogens (primary N) is 1. The fourth-order valence-corrected chi connectivity index (χ4v) is 4.40. The number of nitrogens with one attached hydrogen (secondary N) is 1. The lowest BCUT2D eigenvalue weighted by atomic mass is 10.0. The summed E-state index contributed by atoms with van der Waals surface area (Å²) in [7, 11) is 0. The molecule has 0 aliphatic carbocycles. The van der Waals surface area contributed by atoms with E-state index < -0.39 is 30.0 Å². The molecule has 0 heterocycles. The molecule has 0 aromatic carbocycles. The molecular weight excluding hydrogens is 588 g/mol. The van der Waals surface area contributed by atoms with Gasteiger partial charge in [-0.25, -0.2) is 0 Å². The average molecular weight is 647 g/mol. The number of carbonyl (C=O) groups is 5. The third-order valence-electron chi connectivity index (χ3n) is 7.08. The van der Waals surface area contributed by atoms with Crippen molar-refractivity contribution in [3.8, 4) is 0 Å². The summed E-state index contributed by atoms with van der Waals surface area (Å²) in [6, 6.07) is -1.12. The predicted octanol–water partition coefficient (Wildman–Crippen LogP) is 3.43. The van der Waals surface area contributed by atoms with Crippen molar-refractivity contribution in [2.45, 2.75) is 121 Å². The van der Waals surface area contributed by atoms with Gasteiger partial charge < -0.3 is 45.0 Å². The Morgan fingerprint density at radius 1 is 0.644 bits per heavy atom. The van der Waals surface area contributed by atoms with Crippen molar-refractivity contribution in [3.05, 3.63) is 0 Å². The maximum absolute atomic E-state index is 12.9. The average Bonchev–Trinajstić information content (AvgIpc) is 3.01. The predicted molar refractivity (Wildman–Crippen MR) is 168 cm³/mol. The zero-order valence-electron chi connectivity index (χ0n) is 27.1. The standard InChI is InChI=1S/C32H58N2O11/c33-27(32(40)41)16-17-30(37)34-26-29(45-25-24-44-23-22-43-21-20-42-19-13-18-35)28(36)14-11-9-7-5-3-1-2-4-6-8-10-12-15-31(38)39/h18,27,29H,1-17,19-26,33H2,(H,34,37)(H,38,39)(H,40,41)/t27-,29?/m0/s1. The van der Waals surface area contributed by atoms with E-state index in [0.29, 0.717) is 45.9 Å². The van der Waals surface area contributed by atoms with Crippen molar-refractivity contribution in [1.82, 2.24) is 5.32 Å². The quantitative estimate of drug-likeness (QED) is 0.0578. The van der Waals surface area contributed by atoms with Gasteiger partial charge in [0.05, 0.1) is 52.8 Å². The molecular formula is C32H58N2O11. The van der Waals surface area contributed by atoms with Gasteiger partial charge in [-0.1, -0.05) is 64.2 Å². The number of ketones is 1. The highest BCUT2D eigenvalue weighted by Crippen LogP contribution is 2.14. The molecule has 0 saturated carbocycles. The van der Waals surface area contributed by atoms with Crippen molar-refractivity contribution in [3.63, 3.8) is 0 Å². The van der Waals surface area contributed by atoms with Gasteiger partial charge in [0.2, 0.25) is 5.91 Å². The van der Waals surface area contributed by atoms with Gasteiger partial charge in [-0.2, -0.15) is 0 Å². The van der Waals surface area contributed by atoms with Crippen LogP contribution in [-0.4, -0.2) is 105 Å². The second-order valence-corrected chi connectivity index (χ2v) is 11.0. The Morgan fingerprint density at radius 3 is 1.60 bits per heavy atom. The van der Waals surface area contributed by atoms with E-state index in [2.05, 4.69) is 5.32 Å². The largest absolute Gasteiger partial charge is 0.481 e. The van der Waals surface area contributed by atoms with Crippen LogP contribution < -0.4 is 11.1 Å². The molecule has 1 amide bonds. The number of aldehydes is 1. The van der Waals surface area contributed by atoms with Crippen LogP contribution in [0.5, 0.6) is 0 Å². The molecule has 13 nitrogen and oxygen atoms in total. The lowest BCUT2D eigenvalue weighted by Gasteiger charge is -2.18. The molecule has 13 heteroatoms. The summed E-state index contributed by atoms with van der Waals surface area (Å²) in [4.78, 5) is 56.7. The van der Waals surface area contributed by atoms with Gasteiger partial charge >= 0.3 is 11.9 Å². The summed E-state index contributed by atoms with van der Waals surface area (Å²) in [6.07, 6.45) is 13.4. The molecule has 0 aliphatic rings. The number of unbranched alkanes of at least 4 members (excludes halogenated alkanes) is 11. The molecule has 45 heavy (non-hydrogen) atoms. The van der Waals surface area contributed by atoms with Crippen LogP contribution in [0.2, 0.25) is 0 Å². The molecule has 2 atom stereocenters. The molecule has 0 spiro atoms. The Morgan fingerprint density at radius 2 is 1.11 bits per heavy atom. The Hall–Kier alpha value is -2.45. The van der Waals surface area contributed by atoms with Crippen LogP contribution in [0.1, 0.15) is 109 Å². The second kappa shape index (κ2) is 31.5. The van der Waals surface area contributed by atoms with Gasteiger partial charge in [0.25, 0.3) is 0 Å². The first kappa shape index (κ1) is 42.6. The van der Waals surface area contributed by atoms with E-state index in [0.717, 1.165) is 64.1 Å². The molecule has 0 radical (unpaired) electrons. The normalized spacial score (nSPS) is 12.5. The smallest absolute Gasteiger partial charge is 0.320 e. The summed E-state index contributed by atoms with van der Waals surface area (Å²) in [5, 5.41) is 20.2. The molecule has 0 rings (SSSR count). The number of carboxylic acid groups (broad SMARTS) is 2. The molecule has 5 N–H and O–H groups in total. The number of amides is 1. The molecule has 262 valence electrons. The molecule has 0 aromatic rings. The maximum atomic E-state index is 12.9.